The highest BCUT2D eigenvalue weighted by Gasteiger charge is 2.19. The van der Waals surface area contributed by atoms with Crippen molar-refractivity contribution in [3.63, 3.8) is 0 Å². The minimum absolute atomic E-state index is 0.271. The number of rotatable bonds is 5. The number of sulfonamides is 1. The lowest BCUT2D eigenvalue weighted by atomic mass is 10.2. The van der Waals surface area contributed by atoms with Crippen molar-refractivity contribution >= 4 is 48.9 Å². The van der Waals surface area contributed by atoms with E-state index < -0.39 is 42.2 Å². The molecule has 130 valence electrons. The van der Waals surface area contributed by atoms with Crippen LogP contribution in [0.4, 0.5) is 5.82 Å². The number of nitrogens with zero attached hydrogens (tertiary/aromatic N) is 2. The summed E-state index contributed by atoms with van der Waals surface area (Å²) < 4.78 is 48.9. The van der Waals surface area contributed by atoms with E-state index in [1.54, 1.807) is 0 Å². The van der Waals surface area contributed by atoms with Gasteiger partial charge in [-0.3, -0.25) is 4.72 Å². The monoisotopic (exact) mass is 411 g/mol. The van der Waals surface area contributed by atoms with E-state index in [0.717, 1.165) is 12.3 Å². The number of benzene rings is 1. The van der Waals surface area contributed by atoms with Crippen LogP contribution in [0.5, 0.6) is 5.75 Å². The van der Waals surface area contributed by atoms with Gasteiger partial charge in [-0.15, -0.1) is 10.2 Å². The maximum Gasteiger partial charge on any atom is 0.238 e. The predicted molar refractivity (Wildman–Crippen MR) is 89.5 cm³/mol. The van der Waals surface area contributed by atoms with Crippen molar-refractivity contribution in [2.24, 2.45) is 0 Å². The molecule has 8 nitrogen and oxygen atoms in total. The number of aromatic nitrogens is 2. The molecular formula is C12H11Cl2N3O5S2. The summed E-state index contributed by atoms with van der Waals surface area (Å²) in [5.74, 6) is -1.64. The van der Waals surface area contributed by atoms with Crippen LogP contribution < -0.4 is 4.72 Å². The van der Waals surface area contributed by atoms with Gasteiger partial charge in [0.05, 0.1) is 5.75 Å². The van der Waals surface area contributed by atoms with Crippen molar-refractivity contribution in [1.29, 1.82) is 0 Å². The molecule has 1 aromatic carbocycles. The van der Waals surface area contributed by atoms with E-state index in [1.165, 1.54) is 18.2 Å². The number of sulfone groups is 1. The fourth-order valence-electron chi connectivity index (χ4n) is 1.72. The molecule has 0 saturated carbocycles. The van der Waals surface area contributed by atoms with Crippen LogP contribution in [0, 0.1) is 0 Å². The molecule has 2 rings (SSSR count). The number of hydrogen-bond donors (Lipinski definition) is 2. The zero-order chi connectivity index (χ0) is 18.1. The second kappa shape index (κ2) is 6.71. The van der Waals surface area contributed by atoms with Gasteiger partial charge in [0.1, 0.15) is 0 Å². The van der Waals surface area contributed by atoms with E-state index >= 15 is 0 Å². The van der Waals surface area contributed by atoms with Crippen molar-refractivity contribution in [3.8, 4) is 5.75 Å². The van der Waals surface area contributed by atoms with Crippen LogP contribution in [-0.2, 0) is 25.6 Å². The quantitative estimate of drug-likeness (QED) is 0.767. The van der Waals surface area contributed by atoms with Crippen LogP contribution in [0.15, 0.2) is 29.3 Å². The summed E-state index contributed by atoms with van der Waals surface area (Å²) in [6, 6.07) is 5.10. The first-order valence-corrected chi connectivity index (χ1v) is 10.5. The summed E-state index contributed by atoms with van der Waals surface area (Å²) in [5.41, 5.74) is 0.320. The summed E-state index contributed by atoms with van der Waals surface area (Å²) in [6.45, 7) is 0. The molecule has 24 heavy (non-hydrogen) atoms. The van der Waals surface area contributed by atoms with E-state index in [0.29, 0.717) is 5.56 Å². The van der Waals surface area contributed by atoms with Crippen LogP contribution >= 0.6 is 23.2 Å². The lowest BCUT2D eigenvalue weighted by Crippen LogP contribution is -2.17. The SMILES string of the molecule is CS(=O)(=O)c1cc(O)c(NS(=O)(=O)Cc2cc(Cl)cc(Cl)c2)nn1. The van der Waals surface area contributed by atoms with Gasteiger partial charge in [-0.25, -0.2) is 16.8 Å². The Labute approximate surface area is 148 Å². The van der Waals surface area contributed by atoms with Gasteiger partial charge < -0.3 is 5.11 Å². The van der Waals surface area contributed by atoms with E-state index in [9.17, 15) is 21.9 Å². The molecule has 2 aromatic rings. The van der Waals surface area contributed by atoms with E-state index in [2.05, 4.69) is 10.2 Å². The number of nitrogens with one attached hydrogen (secondary N) is 1. The minimum Gasteiger partial charge on any atom is -0.504 e. The fraction of sp³-hybridized carbons (Fsp3) is 0.167. The molecule has 0 spiro atoms. The number of aromatic hydroxyl groups is 1. The van der Waals surface area contributed by atoms with Gasteiger partial charge >= 0.3 is 0 Å². The highest BCUT2D eigenvalue weighted by atomic mass is 35.5. The summed E-state index contributed by atoms with van der Waals surface area (Å²) in [7, 11) is -7.66. The van der Waals surface area contributed by atoms with E-state index in [1.807, 2.05) is 4.72 Å². The molecule has 12 heteroatoms. The number of halogens is 2. The largest absolute Gasteiger partial charge is 0.504 e. The summed E-state index contributed by atoms with van der Waals surface area (Å²) in [4.78, 5) is 0. The van der Waals surface area contributed by atoms with Crippen molar-refractivity contribution in [2.75, 3.05) is 11.0 Å². The highest BCUT2D eigenvalue weighted by molar-refractivity contribution is 7.92. The topological polar surface area (TPSA) is 126 Å². The fourth-order valence-corrected chi connectivity index (χ4v) is 3.92. The molecule has 0 aliphatic rings. The molecule has 0 aliphatic heterocycles. The zero-order valence-corrected chi connectivity index (χ0v) is 15.2. The molecule has 0 unspecified atom stereocenters. The van der Waals surface area contributed by atoms with Crippen LogP contribution in [0.25, 0.3) is 0 Å². The molecular weight excluding hydrogens is 401 g/mol. The third kappa shape index (κ3) is 4.94. The summed E-state index contributed by atoms with van der Waals surface area (Å²) >= 11 is 11.6. The first-order valence-electron chi connectivity index (χ1n) is 6.18. The van der Waals surface area contributed by atoms with Crippen molar-refractivity contribution in [3.05, 3.63) is 39.9 Å². The van der Waals surface area contributed by atoms with Gasteiger partial charge in [-0.2, -0.15) is 0 Å². The molecule has 0 atom stereocenters. The summed E-state index contributed by atoms with van der Waals surface area (Å²) in [6.07, 6.45) is 0.878. The molecule has 0 bridgehead atoms. The number of hydrogen-bond acceptors (Lipinski definition) is 7. The maximum atomic E-state index is 12.1. The van der Waals surface area contributed by atoms with E-state index in [4.69, 9.17) is 23.2 Å². The van der Waals surface area contributed by atoms with Crippen LogP contribution in [0.2, 0.25) is 10.0 Å². The van der Waals surface area contributed by atoms with Gasteiger partial charge in [0, 0.05) is 22.4 Å². The Morgan fingerprint density at radius 2 is 1.62 bits per heavy atom. The molecule has 1 heterocycles. The Balaban J connectivity index is 2.26. The molecule has 2 N–H and O–H groups in total. The Hall–Kier alpha value is -1.62. The van der Waals surface area contributed by atoms with Gasteiger partial charge in [0.25, 0.3) is 0 Å². The Bertz CT molecular complexity index is 973. The molecule has 0 radical (unpaired) electrons. The Morgan fingerprint density at radius 3 is 2.12 bits per heavy atom. The molecule has 0 aliphatic carbocycles. The standard InChI is InChI=1S/C12H11Cl2N3O5S2/c1-23(19,20)11-5-10(18)12(16-15-11)17-24(21,22)6-7-2-8(13)4-9(14)3-7/h2-5H,6H2,1H3,(H,15,18)(H,16,17). The average molecular weight is 412 g/mol. The first-order chi connectivity index (χ1) is 11.0. The van der Waals surface area contributed by atoms with Gasteiger partial charge in [-0.05, 0) is 23.8 Å². The summed E-state index contributed by atoms with van der Waals surface area (Å²) in [5, 5.41) is 16.5. The maximum absolute atomic E-state index is 12.1. The van der Waals surface area contributed by atoms with Crippen molar-refractivity contribution in [1.82, 2.24) is 10.2 Å². The van der Waals surface area contributed by atoms with Gasteiger partial charge in [-0.1, -0.05) is 23.2 Å². The van der Waals surface area contributed by atoms with Crippen LogP contribution in [0.1, 0.15) is 5.56 Å². The molecule has 0 saturated heterocycles. The normalized spacial score (nSPS) is 12.1. The minimum atomic E-state index is -3.97. The molecule has 1 aromatic heterocycles. The second-order valence-corrected chi connectivity index (χ2v) is 9.39. The van der Waals surface area contributed by atoms with Crippen molar-refractivity contribution < 1.29 is 21.9 Å². The third-order valence-corrected chi connectivity index (χ3v) is 5.28. The Kier molecular flexibility index (Phi) is 5.23. The van der Waals surface area contributed by atoms with Crippen molar-refractivity contribution in [2.45, 2.75) is 10.8 Å². The number of anilines is 1. The highest BCUT2D eigenvalue weighted by Crippen LogP contribution is 2.25. The van der Waals surface area contributed by atoms with Crippen LogP contribution in [0.3, 0.4) is 0 Å². The first kappa shape index (κ1) is 18.7. The predicted octanol–water partition coefficient (Wildman–Crippen LogP) is 1.83. The Morgan fingerprint density at radius 1 is 1.04 bits per heavy atom. The third-order valence-electron chi connectivity index (χ3n) is 2.66. The lowest BCUT2D eigenvalue weighted by molar-refractivity contribution is 0.469. The van der Waals surface area contributed by atoms with Gasteiger partial charge in [0.15, 0.2) is 20.6 Å². The zero-order valence-electron chi connectivity index (χ0n) is 12.1. The molecule has 0 amide bonds. The average Bonchev–Trinajstić information content (AvgIpc) is 2.37. The second-order valence-electron chi connectivity index (χ2n) is 4.83. The smallest absolute Gasteiger partial charge is 0.238 e. The van der Waals surface area contributed by atoms with Gasteiger partial charge in [0.2, 0.25) is 15.8 Å². The van der Waals surface area contributed by atoms with E-state index in [-0.39, 0.29) is 10.0 Å². The molecule has 0 fully saturated rings. The lowest BCUT2D eigenvalue weighted by Gasteiger charge is -2.09. The van der Waals surface area contributed by atoms with Crippen LogP contribution in [-0.4, -0.2) is 38.4 Å².